The Morgan fingerprint density at radius 3 is 2.58 bits per heavy atom. The summed E-state index contributed by atoms with van der Waals surface area (Å²) < 4.78 is 0. The molecule has 1 unspecified atom stereocenters. The van der Waals surface area contributed by atoms with E-state index in [0.717, 1.165) is 21.8 Å². The standard InChI is InChI=1S/C19H17ClN2OS/c1-13-21-17(12-24-13)11-18(23)22-19(14-6-3-2-4-7-14)15-8-5-9-16(20)10-15/h2-10,12,19H,11H2,1H3,(H,22,23). The summed E-state index contributed by atoms with van der Waals surface area (Å²) >= 11 is 7.68. The van der Waals surface area contributed by atoms with Gasteiger partial charge in [0.2, 0.25) is 5.91 Å². The Labute approximate surface area is 150 Å². The van der Waals surface area contributed by atoms with Gasteiger partial charge in [-0.3, -0.25) is 4.79 Å². The van der Waals surface area contributed by atoms with Gasteiger partial charge in [-0.15, -0.1) is 11.3 Å². The number of aryl methyl sites for hydroxylation is 1. The van der Waals surface area contributed by atoms with Crippen molar-refractivity contribution in [3.8, 4) is 0 Å². The molecule has 1 aromatic heterocycles. The molecule has 1 N–H and O–H groups in total. The van der Waals surface area contributed by atoms with Gasteiger partial charge in [0.15, 0.2) is 0 Å². The molecule has 0 aliphatic rings. The van der Waals surface area contributed by atoms with E-state index in [-0.39, 0.29) is 18.4 Å². The van der Waals surface area contributed by atoms with Crippen molar-refractivity contribution in [3.63, 3.8) is 0 Å². The minimum absolute atomic E-state index is 0.0610. The van der Waals surface area contributed by atoms with Gasteiger partial charge in [0, 0.05) is 10.4 Å². The fraction of sp³-hybridized carbons (Fsp3) is 0.158. The second-order valence-electron chi connectivity index (χ2n) is 5.50. The molecule has 1 amide bonds. The molecule has 1 atom stereocenters. The first-order chi connectivity index (χ1) is 11.6. The fourth-order valence-electron chi connectivity index (χ4n) is 2.56. The molecule has 3 aromatic rings. The number of nitrogens with one attached hydrogen (secondary N) is 1. The van der Waals surface area contributed by atoms with Crippen molar-refractivity contribution < 1.29 is 4.79 Å². The molecule has 3 rings (SSSR count). The molecule has 0 saturated heterocycles. The Balaban J connectivity index is 1.83. The Kier molecular flexibility index (Phi) is 5.28. The molecule has 0 spiro atoms. The maximum atomic E-state index is 12.5. The molecule has 0 aliphatic heterocycles. The SMILES string of the molecule is Cc1nc(CC(=O)NC(c2ccccc2)c2cccc(Cl)c2)cs1. The molecular weight excluding hydrogens is 340 g/mol. The Morgan fingerprint density at radius 1 is 1.17 bits per heavy atom. The van der Waals surface area contributed by atoms with E-state index >= 15 is 0 Å². The number of halogens is 1. The largest absolute Gasteiger partial charge is 0.345 e. The van der Waals surface area contributed by atoms with Crippen molar-refractivity contribution in [3.05, 3.63) is 86.8 Å². The van der Waals surface area contributed by atoms with Crippen LogP contribution in [0.1, 0.15) is 27.9 Å². The number of rotatable bonds is 5. The second-order valence-corrected chi connectivity index (χ2v) is 7.00. The minimum atomic E-state index is -0.239. The fourth-order valence-corrected chi connectivity index (χ4v) is 3.37. The lowest BCUT2D eigenvalue weighted by Gasteiger charge is -2.20. The summed E-state index contributed by atoms with van der Waals surface area (Å²) in [5.41, 5.74) is 2.77. The Morgan fingerprint density at radius 2 is 1.92 bits per heavy atom. The molecule has 3 nitrogen and oxygen atoms in total. The van der Waals surface area contributed by atoms with Crippen molar-refractivity contribution in [2.75, 3.05) is 0 Å². The zero-order chi connectivity index (χ0) is 16.9. The first kappa shape index (κ1) is 16.7. The third-order valence-corrected chi connectivity index (χ3v) is 4.69. The van der Waals surface area contributed by atoms with Crippen LogP contribution < -0.4 is 5.32 Å². The topological polar surface area (TPSA) is 42.0 Å². The molecule has 24 heavy (non-hydrogen) atoms. The number of nitrogens with zero attached hydrogens (tertiary/aromatic N) is 1. The lowest BCUT2D eigenvalue weighted by molar-refractivity contribution is -0.121. The summed E-state index contributed by atoms with van der Waals surface area (Å²) in [5.74, 6) is -0.0610. The maximum Gasteiger partial charge on any atom is 0.226 e. The molecule has 1 heterocycles. The number of hydrogen-bond acceptors (Lipinski definition) is 3. The summed E-state index contributed by atoms with van der Waals surface area (Å²) in [6.07, 6.45) is 0.272. The number of aromatic nitrogens is 1. The third kappa shape index (κ3) is 4.22. The van der Waals surface area contributed by atoms with E-state index in [9.17, 15) is 4.79 Å². The molecule has 5 heteroatoms. The van der Waals surface area contributed by atoms with Gasteiger partial charge in [-0.1, -0.05) is 54.1 Å². The van der Waals surface area contributed by atoms with E-state index < -0.39 is 0 Å². The zero-order valence-corrected chi connectivity index (χ0v) is 14.8. The van der Waals surface area contributed by atoms with Crippen molar-refractivity contribution in [1.29, 1.82) is 0 Å². The Bertz CT molecular complexity index is 832. The van der Waals surface area contributed by atoms with Crippen LogP contribution in [0.4, 0.5) is 0 Å². The summed E-state index contributed by atoms with van der Waals surface area (Å²) in [6.45, 7) is 1.94. The van der Waals surface area contributed by atoms with Gasteiger partial charge in [0.25, 0.3) is 0 Å². The highest BCUT2D eigenvalue weighted by molar-refractivity contribution is 7.09. The molecular formula is C19H17ClN2OS. The van der Waals surface area contributed by atoms with Gasteiger partial charge in [-0.05, 0) is 30.2 Å². The average molecular weight is 357 g/mol. The van der Waals surface area contributed by atoms with Crippen LogP contribution in [0.15, 0.2) is 60.0 Å². The van der Waals surface area contributed by atoms with Crippen LogP contribution in [-0.4, -0.2) is 10.9 Å². The van der Waals surface area contributed by atoms with Gasteiger partial charge in [0.1, 0.15) is 0 Å². The normalized spacial score (nSPS) is 11.9. The van der Waals surface area contributed by atoms with E-state index in [2.05, 4.69) is 10.3 Å². The predicted octanol–water partition coefficient (Wildman–Crippen LogP) is 4.55. The highest BCUT2D eigenvalue weighted by Gasteiger charge is 2.17. The monoisotopic (exact) mass is 356 g/mol. The molecule has 122 valence electrons. The molecule has 0 radical (unpaired) electrons. The summed E-state index contributed by atoms with van der Waals surface area (Å²) in [7, 11) is 0. The first-order valence-corrected chi connectivity index (χ1v) is 8.88. The van der Waals surface area contributed by atoms with Crippen LogP contribution in [0.5, 0.6) is 0 Å². The number of amides is 1. The average Bonchev–Trinajstić information content (AvgIpc) is 2.98. The lowest BCUT2D eigenvalue weighted by atomic mass is 9.98. The van der Waals surface area contributed by atoms with E-state index in [1.54, 1.807) is 11.3 Å². The Hall–Kier alpha value is -2.17. The maximum absolute atomic E-state index is 12.5. The van der Waals surface area contributed by atoms with Crippen LogP contribution in [-0.2, 0) is 11.2 Å². The van der Waals surface area contributed by atoms with Gasteiger partial charge in [-0.25, -0.2) is 4.98 Å². The number of carbonyl (C=O) groups is 1. The van der Waals surface area contributed by atoms with E-state index in [0.29, 0.717) is 5.02 Å². The van der Waals surface area contributed by atoms with Gasteiger partial charge >= 0.3 is 0 Å². The van der Waals surface area contributed by atoms with Crippen LogP contribution in [0.2, 0.25) is 5.02 Å². The van der Waals surface area contributed by atoms with Crippen LogP contribution in [0.3, 0.4) is 0 Å². The van der Waals surface area contributed by atoms with Crippen LogP contribution in [0.25, 0.3) is 0 Å². The molecule has 0 aliphatic carbocycles. The predicted molar refractivity (Wildman–Crippen MR) is 98.4 cm³/mol. The van der Waals surface area contributed by atoms with E-state index in [1.165, 1.54) is 0 Å². The second kappa shape index (κ2) is 7.60. The number of carbonyl (C=O) groups excluding carboxylic acids is 1. The van der Waals surface area contributed by atoms with Crippen molar-refractivity contribution in [1.82, 2.24) is 10.3 Å². The zero-order valence-electron chi connectivity index (χ0n) is 13.2. The molecule has 0 fully saturated rings. The van der Waals surface area contributed by atoms with Gasteiger partial charge in [0.05, 0.1) is 23.2 Å². The minimum Gasteiger partial charge on any atom is -0.345 e. The van der Waals surface area contributed by atoms with E-state index in [1.807, 2.05) is 66.9 Å². The highest BCUT2D eigenvalue weighted by atomic mass is 35.5. The molecule has 0 bridgehead atoms. The highest BCUT2D eigenvalue weighted by Crippen LogP contribution is 2.24. The third-order valence-electron chi connectivity index (χ3n) is 3.63. The van der Waals surface area contributed by atoms with Gasteiger partial charge in [-0.2, -0.15) is 0 Å². The summed E-state index contributed by atoms with van der Waals surface area (Å²) in [4.78, 5) is 16.8. The van der Waals surface area contributed by atoms with Crippen LogP contribution in [0, 0.1) is 6.92 Å². The molecule has 0 saturated carbocycles. The summed E-state index contributed by atoms with van der Waals surface area (Å²) in [5, 5.41) is 6.64. The number of benzene rings is 2. The van der Waals surface area contributed by atoms with E-state index in [4.69, 9.17) is 11.6 Å². The number of thiazole rings is 1. The van der Waals surface area contributed by atoms with Gasteiger partial charge < -0.3 is 5.32 Å². The smallest absolute Gasteiger partial charge is 0.226 e. The van der Waals surface area contributed by atoms with Crippen LogP contribution >= 0.6 is 22.9 Å². The van der Waals surface area contributed by atoms with Crippen molar-refractivity contribution in [2.24, 2.45) is 0 Å². The summed E-state index contributed by atoms with van der Waals surface area (Å²) in [6, 6.07) is 17.2. The van der Waals surface area contributed by atoms with Crippen molar-refractivity contribution in [2.45, 2.75) is 19.4 Å². The molecule has 2 aromatic carbocycles. The van der Waals surface area contributed by atoms with Crippen molar-refractivity contribution >= 4 is 28.8 Å². The lowest BCUT2D eigenvalue weighted by Crippen LogP contribution is -2.30. The quantitative estimate of drug-likeness (QED) is 0.728. The first-order valence-electron chi connectivity index (χ1n) is 7.62. The number of hydrogen-bond donors (Lipinski definition) is 1.